The average molecular weight is 280 g/mol. The maximum absolute atomic E-state index is 11.9. The number of ketones is 2. The van der Waals surface area contributed by atoms with E-state index in [0.29, 0.717) is 32.3 Å². The zero-order chi connectivity index (χ0) is 14.4. The van der Waals surface area contributed by atoms with Crippen LogP contribution in [0.1, 0.15) is 51.9 Å². The summed E-state index contributed by atoms with van der Waals surface area (Å²) in [6.45, 7) is 3.02. The SMILES string of the molecule is CC1(C/C=C/COC2CCCCO2)C(=O)CCCC1=O. The van der Waals surface area contributed by atoms with Crippen LogP contribution in [-0.2, 0) is 19.1 Å². The first-order valence-electron chi connectivity index (χ1n) is 7.58. The Kier molecular flexibility index (Phi) is 5.49. The molecule has 1 heterocycles. The number of allylic oxidation sites excluding steroid dienone is 1. The van der Waals surface area contributed by atoms with E-state index in [1.807, 2.05) is 12.2 Å². The summed E-state index contributed by atoms with van der Waals surface area (Å²) in [7, 11) is 0. The summed E-state index contributed by atoms with van der Waals surface area (Å²) in [6.07, 6.45) is 9.14. The topological polar surface area (TPSA) is 52.6 Å². The van der Waals surface area contributed by atoms with E-state index in [4.69, 9.17) is 9.47 Å². The minimum absolute atomic E-state index is 0.0786. The van der Waals surface area contributed by atoms with Gasteiger partial charge in [-0.05, 0) is 39.0 Å². The monoisotopic (exact) mass is 280 g/mol. The molecule has 0 radical (unpaired) electrons. The van der Waals surface area contributed by atoms with Gasteiger partial charge in [0, 0.05) is 19.4 Å². The van der Waals surface area contributed by atoms with Gasteiger partial charge in [-0.3, -0.25) is 9.59 Å². The van der Waals surface area contributed by atoms with Crippen LogP contribution in [0.4, 0.5) is 0 Å². The molecule has 1 aliphatic heterocycles. The number of carbonyl (C=O) groups is 2. The summed E-state index contributed by atoms with van der Waals surface area (Å²) in [5.74, 6) is 0.157. The molecule has 1 saturated carbocycles. The number of hydrogen-bond acceptors (Lipinski definition) is 4. The zero-order valence-electron chi connectivity index (χ0n) is 12.2. The molecule has 0 aromatic heterocycles. The van der Waals surface area contributed by atoms with Gasteiger partial charge >= 0.3 is 0 Å². The Balaban J connectivity index is 1.74. The highest BCUT2D eigenvalue weighted by atomic mass is 16.7. The first kappa shape index (κ1) is 15.4. The van der Waals surface area contributed by atoms with Crippen molar-refractivity contribution in [1.82, 2.24) is 0 Å². The van der Waals surface area contributed by atoms with Gasteiger partial charge in [-0.25, -0.2) is 0 Å². The molecule has 4 heteroatoms. The van der Waals surface area contributed by atoms with Crippen LogP contribution in [0.25, 0.3) is 0 Å². The Morgan fingerprint density at radius 3 is 2.60 bits per heavy atom. The molecule has 2 aliphatic rings. The molecule has 2 rings (SSSR count). The highest BCUT2D eigenvalue weighted by Crippen LogP contribution is 2.33. The van der Waals surface area contributed by atoms with Gasteiger partial charge in [0.1, 0.15) is 11.6 Å². The zero-order valence-corrected chi connectivity index (χ0v) is 12.2. The van der Waals surface area contributed by atoms with E-state index < -0.39 is 5.41 Å². The van der Waals surface area contributed by atoms with Crippen LogP contribution in [-0.4, -0.2) is 31.1 Å². The van der Waals surface area contributed by atoms with Crippen LogP contribution < -0.4 is 0 Å². The van der Waals surface area contributed by atoms with E-state index in [2.05, 4.69) is 0 Å². The first-order valence-corrected chi connectivity index (χ1v) is 7.58. The molecular weight excluding hydrogens is 256 g/mol. The fourth-order valence-electron chi connectivity index (χ4n) is 2.74. The summed E-state index contributed by atoms with van der Waals surface area (Å²) < 4.78 is 11.0. The van der Waals surface area contributed by atoms with E-state index in [-0.39, 0.29) is 17.9 Å². The fraction of sp³-hybridized carbons (Fsp3) is 0.750. The van der Waals surface area contributed by atoms with Crippen LogP contribution in [0.5, 0.6) is 0 Å². The molecule has 0 spiro atoms. The lowest BCUT2D eigenvalue weighted by Crippen LogP contribution is -2.39. The van der Waals surface area contributed by atoms with Crippen molar-refractivity contribution >= 4 is 11.6 Å². The maximum atomic E-state index is 11.9. The molecule has 0 bridgehead atoms. The van der Waals surface area contributed by atoms with Crippen molar-refractivity contribution in [2.24, 2.45) is 5.41 Å². The van der Waals surface area contributed by atoms with Gasteiger partial charge in [0.15, 0.2) is 6.29 Å². The fourth-order valence-corrected chi connectivity index (χ4v) is 2.74. The molecule has 20 heavy (non-hydrogen) atoms. The highest BCUT2D eigenvalue weighted by Gasteiger charge is 2.41. The van der Waals surface area contributed by atoms with Crippen molar-refractivity contribution < 1.29 is 19.1 Å². The van der Waals surface area contributed by atoms with E-state index in [1.54, 1.807) is 6.92 Å². The average Bonchev–Trinajstić information content (AvgIpc) is 2.46. The number of rotatable bonds is 5. The quantitative estimate of drug-likeness (QED) is 0.574. The van der Waals surface area contributed by atoms with Crippen molar-refractivity contribution in [1.29, 1.82) is 0 Å². The number of hydrogen-bond donors (Lipinski definition) is 0. The van der Waals surface area contributed by atoms with E-state index >= 15 is 0 Å². The summed E-state index contributed by atoms with van der Waals surface area (Å²) in [5.41, 5.74) is -0.809. The normalized spacial score (nSPS) is 27.1. The van der Waals surface area contributed by atoms with Crippen LogP contribution in [0.2, 0.25) is 0 Å². The van der Waals surface area contributed by atoms with Gasteiger partial charge in [-0.1, -0.05) is 12.2 Å². The van der Waals surface area contributed by atoms with Crippen molar-refractivity contribution in [2.45, 2.75) is 58.2 Å². The predicted octanol–water partition coefficient (Wildman–Crippen LogP) is 2.80. The third-order valence-electron chi connectivity index (χ3n) is 4.25. The standard InChI is InChI=1S/C16H24O4/c1-16(13(17)7-6-8-14(16)18)10-3-5-12-20-15-9-2-4-11-19-15/h3,5,15H,2,4,6-12H2,1H3/b5-3+. The van der Waals surface area contributed by atoms with Crippen LogP contribution in [0, 0.1) is 5.41 Å². The summed E-state index contributed by atoms with van der Waals surface area (Å²) in [4.78, 5) is 23.9. The van der Waals surface area contributed by atoms with Crippen molar-refractivity contribution in [3.63, 3.8) is 0 Å². The summed E-state index contributed by atoms with van der Waals surface area (Å²) in [6, 6.07) is 0. The lowest BCUT2D eigenvalue weighted by molar-refractivity contribution is -0.155. The van der Waals surface area contributed by atoms with Gasteiger partial charge in [0.05, 0.1) is 12.0 Å². The Hall–Kier alpha value is -1.00. The second-order valence-electron chi connectivity index (χ2n) is 5.84. The molecule has 0 N–H and O–H groups in total. The molecular formula is C16H24O4. The second-order valence-corrected chi connectivity index (χ2v) is 5.84. The van der Waals surface area contributed by atoms with Gasteiger partial charge < -0.3 is 9.47 Å². The van der Waals surface area contributed by atoms with Gasteiger partial charge in [-0.2, -0.15) is 0 Å². The van der Waals surface area contributed by atoms with Gasteiger partial charge in [-0.15, -0.1) is 0 Å². The lowest BCUT2D eigenvalue weighted by Gasteiger charge is -2.29. The Labute approximate surface area is 120 Å². The van der Waals surface area contributed by atoms with E-state index in [9.17, 15) is 9.59 Å². The lowest BCUT2D eigenvalue weighted by atomic mass is 9.71. The summed E-state index contributed by atoms with van der Waals surface area (Å²) in [5, 5.41) is 0. The maximum Gasteiger partial charge on any atom is 0.157 e. The largest absolute Gasteiger partial charge is 0.353 e. The molecule has 0 aromatic carbocycles. The Morgan fingerprint density at radius 1 is 1.20 bits per heavy atom. The summed E-state index contributed by atoms with van der Waals surface area (Å²) >= 11 is 0. The van der Waals surface area contributed by atoms with Crippen molar-refractivity contribution in [2.75, 3.05) is 13.2 Å². The molecule has 2 fully saturated rings. The number of Topliss-reactive ketones (excluding diaryl/α,β-unsaturated/α-hetero) is 2. The molecule has 112 valence electrons. The number of carbonyl (C=O) groups excluding carboxylic acids is 2. The highest BCUT2D eigenvalue weighted by molar-refractivity contribution is 6.08. The molecule has 1 atom stereocenters. The Bertz CT molecular complexity index is 364. The van der Waals surface area contributed by atoms with E-state index in [0.717, 1.165) is 25.9 Å². The second kappa shape index (κ2) is 7.14. The van der Waals surface area contributed by atoms with E-state index in [1.165, 1.54) is 0 Å². The minimum Gasteiger partial charge on any atom is -0.353 e. The van der Waals surface area contributed by atoms with Crippen LogP contribution in [0.15, 0.2) is 12.2 Å². The molecule has 4 nitrogen and oxygen atoms in total. The molecule has 0 amide bonds. The molecule has 1 aliphatic carbocycles. The Morgan fingerprint density at radius 2 is 1.95 bits per heavy atom. The van der Waals surface area contributed by atoms with Gasteiger partial charge in [0.2, 0.25) is 0 Å². The predicted molar refractivity (Wildman–Crippen MR) is 75.3 cm³/mol. The number of ether oxygens (including phenoxy) is 2. The van der Waals surface area contributed by atoms with Crippen molar-refractivity contribution in [3.8, 4) is 0 Å². The molecule has 1 unspecified atom stereocenters. The third kappa shape index (κ3) is 3.76. The van der Waals surface area contributed by atoms with Crippen molar-refractivity contribution in [3.05, 3.63) is 12.2 Å². The molecule has 0 aromatic rings. The minimum atomic E-state index is -0.809. The first-order chi connectivity index (χ1) is 9.63. The smallest absolute Gasteiger partial charge is 0.157 e. The van der Waals surface area contributed by atoms with Gasteiger partial charge in [0.25, 0.3) is 0 Å². The molecule has 1 saturated heterocycles. The van der Waals surface area contributed by atoms with Crippen LogP contribution >= 0.6 is 0 Å². The van der Waals surface area contributed by atoms with Crippen LogP contribution in [0.3, 0.4) is 0 Å². The third-order valence-corrected chi connectivity index (χ3v) is 4.25.